The minimum absolute atomic E-state index is 0.0665. The van der Waals surface area contributed by atoms with Gasteiger partial charge in [-0.3, -0.25) is 0 Å². The SMILES string of the molecule is COc1cc(C)c(C(=O)O)c(OC)c1C(=O)O. The zero-order valence-electron chi connectivity index (χ0n) is 9.60. The maximum absolute atomic E-state index is 11.1. The molecule has 0 aliphatic heterocycles. The van der Waals surface area contributed by atoms with E-state index in [-0.39, 0.29) is 22.6 Å². The van der Waals surface area contributed by atoms with Gasteiger partial charge in [0.1, 0.15) is 16.9 Å². The molecule has 0 fully saturated rings. The Morgan fingerprint density at radius 3 is 1.94 bits per heavy atom. The number of rotatable bonds is 4. The summed E-state index contributed by atoms with van der Waals surface area (Å²) in [4.78, 5) is 22.2. The molecule has 0 aliphatic rings. The average molecular weight is 240 g/mol. The lowest BCUT2D eigenvalue weighted by Gasteiger charge is -2.14. The van der Waals surface area contributed by atoms with Crippen LogP contribution >= 0.6 is 0 Å². The summed E-state index contributed by atoms with van der Waals surface area (Å²) in [5.41, 5.74) is -0.0973. The molecule has 0 bridgehead atoms. The van der Waals surface area contributed by atoms with E-state index in [9.17, 15) is 9.59 Å². The van der Waals surface area contributed by atoms with E-state index in [1.165, 1.54) is 20.3 Å². The van der Waals surface area contributed by atoms with Crippen molar-refractivity contribution in [3.8, 4) is 11.5 Å². The molecule has 0 heterocycles. The minimum Gasteiger partial charge on any atom is -0.496 e. The Morgan fingerprint density at radius 1 is 1.06 bits per heavy atom. The summed E-state index contributed by atoms with van der Waals surface area (Å²) in [6.07, 6.45) is 0. The number of carboxylic acids is 2. The van der Waals surface area contributed by atoms with Gasteiger partial charge < -0.3 is 19.7 Å². The number of ether oxygens (including phenoxy) is 2. The van der Waals surface area contributed by atoms with Crippen LogP contribution in [-0.4, -0.2) is 36.4 Å². The molecular weight excluding hydrogens is 228 g/mol. The first-order chi connectivity index (χ1) is 7.93. The Labute approximate surface area is 97.4 Å². The second-order valence-electron chi connectivity index (χ2n) is 3.29. The third-order valence-corrected chi connectivity index (χ3v) is 2.29. The molecule has 0 atom stereocenters. The van der Waals surface area contributed by atoms with E-state index in [4.69, 9.17) is 19.7 Å². The highest BCUT2D eigenvalue weighted by molar-refractivity contribution is 6.02. The van der Waals surface area contributed by atoms with Gasteiger partial charge in [-0.1, -0.05) is 0 Å². The normalized spacial score (nSPS) is 9.82. The van der Waals surface area contributed by atoms with Crippen molar-refractivity contribution >= 4 is 11.9 Å². The van der Waals surface area contributed by atoms with Crippen molar-refractivity contribution in [3.63, 3.8) is 0 Å². The van der Waals surface area contributed by atoms with Gasteiger partial charge >= 0.3 is 11.9 Å². The van der Waals surface area contributed by atoms with Gasteiger partial charge in [0.25, 0.3) is 0 Å². The summed E-state index contributed by atoms with van der Waals surface area (Å²) in [7, 11) is 2.52. The molecule has 6 heteroatoms. The average Bonchev–Trinajstić information content (AvgIpc) is 2.25. The van der Waals surface area contributed by atoms with E-state index in [1.807, 2.05) is 0 Å². The van der Waals surface area contributed by atoms with Crippen molar-refractivity contribution < 1.29 is 29.3 Å². The Kier molecular flexibility index (Phi) is 3.57. The lowest BCUT2D eigenvalue weighted by Crippen LogP contribution is -2.11. The molecule has 92 valence electrons. The van der Waals surface area contributed by atoms with Crippen LogP contribution in [0.1, 0.15) is 26.3 Å². The molecule has 0 saturated heterocycles. The van der Waals surface area contributed by atoms with Crippen LogP contribution in [-0.2, 0) is 0 Å². The van der Waals surface area contributed by atoms with Crippen molar-refractivity contribution in [2.24, 2.45) is 0 Å². The molecule has 0 aromatic heterocycles. The Bertz CT molecular complexity index is 477. The molecule has 0 aliphatic carbocycles. The summed E-state index contributed by atoms with van der Waals surface area (Å²) >= 11 is 0. The van der Waals surface area contributed by atoms with Crippen LogP contribution in [0.5, 0.6) is 11.5 Å². The summed E-state index contributed by atoms with van der Waals surface area (Å²) < 4.78 is 9.79. The second-order valence-corrected chi connectivity index (χ2v) is 3.29. The number of hydrogen-bond donors (Lipinski definition) is 2. The van der Waals surface area contributed by atoms with Crippen LogP contribution in [0.2, 0.25) is 0 Å². The van der Waals surface area contributed by atoms with E-state index in [2.05, 4.69) is 0 Å². The molecule has 0 unspecified atom stereocenters. The number of hydrogen-bond acceptors (Lipinski definition) is 4. The van der Waals surface area contributed by atoms with E-state index in [0.29, 0.717) is 5.56 Å². The highest BCUT2D eigenvalue weighted by atomic mass is 16.5. The van der Waals surface area contributed by atoms with Gasteiger partial charge in [-0.25, -0.2) is 9.59 Å². The number of aryl methyl sites for hydroxylation is 1. The van der Waals surface area contributed by atoms with Crippen molar-refractivity contribution in [1.29, 1.82) is 0 Å². The number of aromatic carboxylic acids is 2. The van der Waals surface area contributed by atoms with E-state index in [1.54, 1.807) is 6.92 Å². The van der Waals surface area contributed by atoms with E-state index >= 15 is 0 Å². The Hall–Kier alpha value is -2.24. The lowest BCUT2D eigenvalue weighted by atomic mass is 10.0. The van der Waals surface area contributed by atoms with E-state index < -0.39 is 11.9 Å². The summed E-state index contributed by atoms with van der Waals surface area (Å²) in [5, 5.41) is 18.1. The second kappa shape index (κ2) is 4.73. The first-order valence-corrected chi connectivity index (χ1v) is 4.66. The quantitative estimate of drug-likeness (QED) is 0.826. The highest BCUT2D eigenvalue weighted by Crippen LogP contribution is 2.34. The monoisotopic (exact) mass is 240 g/mol. The zero-order valence-corrected chi connectivity index (χ0v) is 9.60. The fourth-order valence-electron chi connectivity index (χ4n) is 1.59. The van der Waals surface area contributed by atoms with E-state index in [0.717, 1.165) is 0 Å². The standard InChI is InChI=1S/C11H12O6/c1-5-4-6(16-2)8(11(14)15)9(17-3)7(5)10(12)13/h4H,1-3H3,(H,12,13)(H,14,15). The van der Waals surface area contributed by atoms with Gasteiger partial charge in [-0.15, -0.1) is 0 Å². The molecule has 1 aromatic carbocycles. The molecule has 0 radical (unpaired) electrons. The van der Waals surface area contributed by atoms with Crippen LogP contribution in [0.3, 0.4) is 0 Å². The van der Waals surface area contributed by atoms with Gasteiger partial charge in [0.2, 0.25) is 0 Å². The lowest BCUT2D eigenvalue weighted by molar-refractivity contribution is 0.0687. The smallest absolute Gasteiger partial charge is 0.343 e. The Morgan fingerprint density at radius 2 is 1.59 bits per heavy atom. The molecule has 0 saturated carbocycles. The molecule has 1 rings (SSSR count). The van der Waals surface area contributed by atoms with Gasteiger partial charge in [0.05, 0.1) is 14.2 Å². The number of methoxy groups -OCH3 is 2. The first-order valence-electron chi connectivity index (χ1n) is 4.66. The third-order valence-electron chi connectivity index (χ3n) is 2.29. The van der Waals surface area contributed by atoms with Crippen LogP contribution < -0.4 is 9.47 Å². The predicted octanol–water partition coefficient (Wildman–Crippen LogP) is 1.41. The van der Waals surface area contributed by atoms with Crippen molar-refractivity contribution in [2.45, 2.75) is 6.92 Å². The van der Waals surface area contributed by atoms with Gasteiger partial charge in [-0.2, -0.15) is 0 Å². The third kappa shape index (κ3) is 2.15. The largest absolute Gasteiger partial charge is 0.496 e. The zero-order chi connectivity index (χ0) is 13.2. The van der Waals surface area contributed by atoms with Crippen molar-refractivity contribution in [3.05, 3.63) is 22.8 Å². The number of carbonyl (C=O) groups is 2. The molecule has 17 heavy (non-hydrogen) atoms. The molecular formula is C11H12O6. The van der Waals surface area contributed by atoms with Gasteiger partial charge in [-0.05, 0) is 18.6 Å². The summed E-state index contributed by atoms with van der Waals surface area (Å²) in [6, 6.07) is 1.36. The highest BCUT2D eigenvalue weighted by Gasteiger charge is 2.26. The van der Waals surface area contributed by atoms with Crippen molar-refractivity contribution in [1.82, 2.24) is 0 Å². The van der Waals surface area contributed by atoms with Crippen LogP contribution in [0.25, 0.3) is 0 Å². The fourth-order valence-corrected chi connectivity index (χ4v) is 1.59. The molecule has 1 aromatic rings. The van der Waals surface area contributed by atoms with Crippen LogP contribution in [0.15, 0.2) is 6.07 Å². The minimum atomic E-state index is -1.30. The number of benzene rings is 1. The van der Waals surface area contributed by atoms with Crippen LogP contribution in [0, 0.1) is 6.92 Å². The first kappa shape index (κ1) is 12.8. The predicted molar refractivity (Wildman–Crippen MR) is 58.2 cm³/mol. The molecule has 6 nitrogen and oxygen atoms in total. The topological polar surface area (TPSA) is 93.1 Å². The fraction of sp³-hybridized carbons (Fsp3) is 0.273. The van der Waals surface area contributed by atoms with Gasteiger partial charge in [0, 0.05) is 0 Å². The maximum Gasteiger partial charge on any atom is 0.343 e. The molecule has 0 spiro atoms. The van der Waals surface area contributed by atoms with Crippen LogP contribution in [0.4, 0.5) is 0 Å². The maximum atomic E-state index is 11.1. The summed E-state index contributed by atoms with van der Waals surface area (Å²) in [5.74, 6) is -2.69. The van der Waals surface area contributed by atoms with Gasteiger partial charge in [0.15, 0.2) is 5.75 Å². The summed E-state index contributed by atoms with van der Waals surface area (Å²) in [6.45, 7) is 1.54. The number of carboxylic acid groups (broad SMARTS) is 2. The molecule has 0 amide bonds. The van der Waals surface area contributed by atoms with Crippen molar-refractivity contribution in [2.75, 3.05) is 14.2 Å². The molecule has 2 N–H and O–H groups in total. The Balaban J connectivity index is 3.71.